The third-order valence-corrected chi connectivity index (χ3v) is 12.7. The van der Waals surface area contributed by atoms with Gasteiger partial charge in [-0.05, 0) is 75.4 Å². The Labute approximate surface area is 294 Å². The van der Waals surface area contributed by atoms with Crippen LogP contribution in [0.15, 0.2) is 84.4 Å². The molecule has 0 saturated heterocycles. The second-order valence-electron chi connectivity index (χ2n) is 9.86. The molecule has 3 aromatic carbocycles. The first-order valence-electron chi connectivity index (χ1n) is 13.8. The number of hydrogen-bond donors (Lipinski definition) is 3. The first kappa shape index (κ1) is 40.3. The van der Waals surface area contributed by atoms with Gasteiger partial charge in [0.2, 0.25) is 9.60 Å². The van der Waals surface area contributed by atoms with E-state index in [2.05, 4.69) is 15.1 Å². The monoisotopic (exact) mass is 793 g/mol. The van der Waals surface area contributed by atoms with E-state index in [0.29, 0.717) is 32.1 Å². The summed E-state index contributed by atoms with van der Waals surface area (Å²) in [6.45, 7) is 7.84. The molecule has 1 aliphatic heterocycles. The average Bonchev–Trinajstić information content (AvgIpc) is 3.69. The molecule has 0 saturated carbocycles. The molecule has 268 valence electrons. The maximum atomic E-state index is 11.3. The van der Waals surface area contributed by atoms with Gasteiger partial charge >= 0.3 is 0 Å². The van der Waals surface area contributed by atoms with Crippen molar-refractivity contribution >= 4 is 90.9 Å². The summed E-state index contributed by atoms with van der Waals surface area (Å²) in [6.07, 6.45) is 0. The molecule has 9 N–H and O–H groups in total. The van der Waals surface area contributed by atoms with E-state index >= 15 is 0 Å². The SMILES string of the molecule is CCN1CSc2cc(S(=O)(=O)O)ccc21.CCn1c(=NN=c2sc3cc(S(=O)(=O)[O-])ccc3n2CC)sc2cc(S(=O)(=O)[O-])ccc21.[NH4+].[NH4+]. The van der Waals surface area contributed by atoms with E-state index in [-0.39, 0.29) is 27.0 Å². The molecule has 49 heavy (non-hydrogen) atoms. The lowest BCUT2D eigenvalue weighted by Crippen LogP contribution is -2.17. The number of thiazole rings is 2. The van der Waals surface area contributed by atoms with Crippen LogP contribution >= 0.6 is 34.4 Å². The van der Waals surface area contributed by atoms with Crippen molar-refractivity contribution in [2.45, 2.75) is 53.4 Å². The highest BCUT2D eigenvalue weighted by Gasteiger charge is 2.21. The molecule has 0 atom stereocenters. The fourth-order valence-electron chi connectivity index (χ4n) is 4.78. The van der Waals surface area contributed by atoms with Gasteiger partial charge in [-0.15, -0.1) is 22.0 Å². The molecular formula is C27H35N7O9S6. The van der Waals surface area contributed by atoms with E-state index in [1.54, 1.807) is 30.0 Å². The minimum atomic E-state index is -4.57. The van der Waals surface area contributed by atoms with Crippen LogP contribution in [0.4, 0.5) is 5.69 Å². The van der Waals surface area contributed by atoms with Crippen LogP contribution in [0.5, 0.6) is 0 Å². The number of fused-ring (bicyclic) bond motifs is 3. The van der Waals surface area contributed by atoms with E-state index in [1.807, 2.05) is 29.9 Å². The summed E-state index contributed by atoms with van der Waals surface area (Å²) in [5.74, 6) is 0.834. The lowest BCUT2D eigenvalue weighted by atomic mass is 10.3. The zero-order valence-corrected chi connectivity index (χ0v) is 31.8. The number of aryl methyl sites for hydroxylation is 2. The van der Waals surface area contributed by atoms with E-state index in [1.165, 1.54) is 59.1 Å². The maximum Gasteiger partial charge on any atom is 0.294 e. The Balaban J connectivity index is 0.000000322. The molecule has 16 nitrogen and oxygen atoms in total. The third-order valence-electron chi connectivity index (χ3n) is 7.07. The van der Waals surface area contributed by atoms with Crippen LogP contribution in [0.1, 0.15) is 20.8 Å². The Bertz CT molecular complexity index is 2360. The second kappa shape index (κ2) is 15.4. The fraction of sp³-hybridized carbons (Fsp3) is 0.259. The largest absolute Gasteiger partial charge is 0.744 e. The van der Waals surface area contributed by atoms with Crippen molar-refractivity contribution in [2.24, 2.45) is 10.2 Å². The Morgan fingerprint density at radius 1 is 0.694 bits per heavy atom. The van der Waals surface area contributed by atoms with Crippen molar-refractivity contribution in [3.63, 3.8) is 0 Å². The number of hydrogen-bond acceptors (Lipinski definition) is 14. The summed E-state index contributed by atoms with van der Waals surface area (Å²) >= 11 is 3.98. The van der Waals surface area contributed by atoms with Crippen LogP contribution in [-0.4, -0.2) is 60.5 Å². The Morgan fingerprint density at radius 2 is 1.14 bits per heavy atom. The summed E-state index contributed by atoms with van der Waals surface area (Å²) in [7, 11) is -13.2. The smallest absolute Gasteiger partial charge is 0.294 e. The lowest BCUT2D eigenvalue weighted by molar-refractivity contribution is 0.461. The zero-order chi connectivity index (χ0) is 34.3. The molecule has 3 heterocycles. The van der Waals surface area contributed by atoms with Gasteiger partial charge in [0, 0.05) is 24.5 Å². The van der Waals surface area contributed by atoms with E-state index < -0.39 is 30.4 Å². The highest BCUT2D eigenvalue weighted by Crippen LogP contribution is 2.39. The van der Waals surface area contributed by atoms with Crippen LogP contribution in [0.2, 0.25) is 0 Å². The van der Waals surface area contributed by atoms with Crippen molar-refractivity contribution in [2.75, 3.05) is 17.3 Å². The van der Waals surface area contributed by atoms with Crippen molar-refractivity contribution in [1.82, 2.24) is 21.4 Å². The van der Waals surface area contributed by atoms with Crippen molar-refractivity contribution < 1.29 is 38.9 Å². The van der Waals surface area contributed by atoms with Gasteiger partial charge in [-0.1, -0.05) is 22.7 Å². The molecule has 0 radical (unpaired) electrons. The first-order chi connectivity index (χ1) is 22.0. The molecular weight excluding hydrogens is 759 g/mol. The summed E-state index contributed by atoms with van der Waals surface area (Å²) in [5, 5.41) is 8.68. The van der Waals surface area contributed by atoms with Crippen LogP contribution in [0, 0.1) is 0 Å². The summed E-state index contributed by atoms with van der Waals surface area (Å²) < 4.78 is 104. The highest BCUT2D eigenvalue weighted by atomic mass is 32.2. The van der Waals surface area contributed by atoms with Crippen molar-refractivity contribution in [3.05, 3.63) is 64.2 Å². The standard InChI is InChI=1S/C18H18N4O6S4.C9H11NO3S2.2H3N/c1-3-21-13-7-5-11(31(23,24)25)9-15(13)29-17(21)19-20-18-22(4-2)14-8-6-12(32(26,27)28)10-16(14)30-18;1-2-10-6-14-9-5-7(15(11,12)13)3-4-8(9)10;;/h5-10H,3-4H2,1-2H3,(H,23,24,25)(H,26,27,28);3-5H,2,6H2,1H3,(H,11,12,13);2*1H3. The second-order valence-corrected chi connectivity index (χ2v) is 17.0. The molecule has 0 unspecified atom stereocenters. The Morgan fingerprint density at radius 3 is 1.53 bits per heavy atom. The number of aromatic nitrogens is 2. The molecule has 1 aliphatic rings. The van der Waals surface area contributed by atoms with E-state index in [9.17, 15) is 34.4 Å². The molecule has 0 aliphatic carbocycles. The molecule has 0 spiro atoms. The van der Waals surface area contributed by atoms with E-state index in [4.69, 9.17) is 4.55 Å². The number of thioether (sulfide) groups is 1. The van der Waals surface area contributed by atoms with Crippen molar-refractivity contribution in [3.8, 4) is 0 Å². The number of rotatable bonds is 7. The topological polar surface area (TPSA) is 280 Å². The minimum absolute atomic E-state index is 0. The van der Waals surface area contributed by atoms with Crippen LogP contribution in [0.3, 0.4) is 0 Å². The number of benzene rings is 3. The summed E-state index contributed by atoms with van der Waals surface area (Å²) in [4.78, 5) is 3.41. The molecule has 0 amide bonds. The van der Waals surface area contributed by atoms with Gasteiger partial charge in [0.1, 0.15) is 20.2 Å². The fourth-order valence-corrected chi connectivity index (χ4v) is 9.84. The molecule has 0 fully saturated rings. The number of anilines is 1. The summed E-state index contributed by atoms with van der Waals surface area (Å²) in [6, 6.07) is 13.0. The molecule has 2 aromatic heterocycles. The predicted molar refractivity (Wildman–Crippen MR) is 190 cm³/mol. The average molecular weight is 794 g/mol. The first-order valence-corrected chi connectivity index (χ1v) is 20.7. The van der Waals surface area contributed by atoms with E-state index in [0.717, 1.165) is 34.0 Å². The Kier molecular flexibility index (Phi) is 12.6. The van der Waals surface area contributed by atoms with Crippen LogP contribution in [0.25, 0.3) is 20.4 Å². The Hall–Kier alpha value is -3.16. The normalized spacial score (nSPS) is 14.0. The molecule has 6 rings (SSSR count). The minimum Gasteiger partial charge on any atom is -0.744 e. The van der Waals surface area contributed by atoms with Gasteiger partial charge in [0.25, 0.3) is 10.1 Å². The summed E-state index contributed by atoms with van der Waals surface area (Å²) in [5.41, 5.74) is 2.49. The molecule has 5 aromatic rings. The lowest BCUT2D eigenvalue weighted by Gasteiger charge is -2.15. The van der Waals surface area contributed by atoms with Gasteiger partial charge in [0.15, 0.2) is 0 Å². The predicted octanol–water partition coefficient (Wildman–Crippen LogP) is 4.56. The highest BCUT2D eigenvalue weighted by molar-refractivity contribution is 8.00. The third kappa shape index (κ3) is 8.60. The molecule has 0 bridgehead atoms. The number of nitrogens with zero attached hydrogens (tertiary/aromatic N) is 5. The van der Waals surface area contributed by atoms with Crippen molar-refractivity contribution in [1.29, 1.82) is 0 Å². The van der Waals surface area contributed by atoms with Gasteiger partial charge in [-0.3, -0.25) is 4.55 Å². The molecule has 22 heteroatoms. The van der Waals surface area contributed by atoms with Gasteiger partial charge in [-0.25, -0.2) is 16.8 Å². The van der Waals surface area contributed by atoms with Gasteiger partial charge in [-0.2, -0.15) is 8.42 Å². The zero-order valence-electron chi connectivity index (χ0n) is 26.9. The maximum absolute atomic E-state index is 11.3. The quantitative estimate of drug-likeness (QED) is 0.152. The van der Waals surface area contributed by atoms with Gasteiger partial charge < -0.3 is 35.4 Å². The van der Waals surface area contributed by atoms with Gasteiger partial charge in [0.05, 0.1) is 46.7 Å². The number of quaternary nitrogens is 2. The van der Waals surface area contributed by atoms with Crippen LogP contribution < -0.4 is 26.8 Å². The van der Waals surface area contributed by atoms with Crippen LogP contribution in [-0.2, 0) is 43.4 Å².